The summed E-state index contributed by atoms with van der Waals surface area (Å²) in [6.07, 6.45) is 2.51. The number of nitrogens with one attached hydrogen (secondary N) is 2. The van der Waals surface area contributed by atoms with Crippen molar-refractivity contribution in [3.05, 3.63) is 65.4 Å². The van der Waals surface area contributed by atoms with Gasteiger partial charge in [-0.25, -0.2) is 13.8 Å². The number of halogens is 2. The molecule has 3 aromatic rings. The van der Waals surface area contributed by atoms with Crippen LogP contribution in [-0.4, -0.2) is 23.5 Å². The first-order valence-corrected chi connectivity index (χ1v) is 9.61. The lowest BCUT2D eigenvalue weighted by Gasteiger charge is -2.12. The van der Waals surface area contributed by atoms with Gasteiger partial charge in [0.15, 0.2) is 5.13 Å². The van der Waals surface area contributed by atoms with Gasteiger partial charge in [0.05, 0.1) is 11.3 Å². The van der Waals surface area contributed by atoms with E-state index >= 15 is 0 Å². The minimum Gasteiger partial charge on any atom is -0.360 e. The second-order valence-corrected chi connectivity index (χ2v) is 7.78. The summed E-state index contributed by atoms with van der Waals surface area (Å²) in [5, 5.41) is 6.70. The van der Waals surface area contributed by atoms with Gasteiger partial charge in [-0.2, -0.15) is 0 Å². The van der Waals surface area contributed by atoms with Gasteiger partial charge in [0.25, 0.3) is 0 Å². The van der Waals surface area contributed by atoms with Gasteiger partial charge >= 0.3 is 0 Å². The Bertz CT molecular complexity index is 1020. The van der Waals surface area contributed by atoms with Crippen LogP contribution in [0.25, 0.3) is 10.4 Å². The van der Waals surface area contributed by atoms with Gasteiger partial charge in [0.1, 0.15) is 11.6 Å². The van der Waals surface area contributed by atoms with Crippen LogP contribution in [-0.2, 0) is 17.6 Å². The average molecular weight is 400 g/mol. The van der Waals surface area contributed by atoms with Crippen LogP contribution in [0.4, 0.5) is 19.6 Å². The fourth-order valence-electron chi connectivity index (χ4n) is 3.19. The highest BCUT2D eigenvalue weighted by molar-refractivity contribution is 7.18. The molecule has 8 heteroatoms. The average Bonchev–Trinajstić information content (AvgIpc) is 3.23. The second kappa shape index (κ2) is 7.65. The number of fused-ring (bicyclic) bond motifs is 1. The molecule has 0 radical (unpaired) electrons. The molecule has 2 aromatic carbocycles. The molecule has 144 valence electrons. The number of anilines is 2. The molecule has 0 saturated carbocycles. The number of thiazole rings is 1. The second-order valence-electron chi connectivity index (χ2n) is 6.75. The molecule has 28 heavy (non-hydrogen) atoms. The highest BCUT2D eigenvalue weighted by Gasteiger charge is 2.18. The van der Waals surface area contributed by atoms with Crippen LogP contribution in [0, 0.1) is 11.6 Å². The molecule has 0 aliphatic carbocycles. The minimum absolute atomic E-state index is 0.00553. The molecular formula is C20H18F2N4OS. The van der Waals surface area contributed by atoms with Gasteiger partial charge in [-0.15, -0.1) is 0 Å². The molecule has 0 fully saturated rings. The lowest BCUT2D eigenvalue weighted by molar-refractivity contribution is -0.115. The van der Waals surface area contributed by atoms with Crippen LogP contribution in [0.1, 0.15) is 11.1 Å². The Kier molecular flexibility index (Phi) is 5.06. The zero-order valence-corrected chi connectivity index (χ0v) is 15.7. The van der Waals surface area contributed by atoms with E-state index in [1.807, 2.05) is 18.2 Å². The quantitative estimate of drug-likeness (QED) is 0.591. The van der Waals surface area contributed by atoms with E-state index in [9.17, 15) is 13.6 Å². The van der Waals surface area contributed by atoms with Crippen molar-refractivity contribution in [3.63, 3.8) is 0 Å². The number of nitrogens with zero attached hydrogens (tertiary/aromatic N) is 1. The number of aromatic nitrogens is 1. The number of hydrogen-bond donors (Lipinski definition) is 3. The van der Waals surface area contributed by atoms with E-state index in [0.29, 0.717) is 30.1 Å². The number of rotatable bonds is 6. The molecule has 2 heterocycles. The topological polar surface area (TPSA) is 80.0 Å². The predicted molar refractivity (Wildman–Crippen MR) is 106 cm³/mol. The monoisotopic (exact) mass is 400 g/mol. The fraction of sp³-hybridized carbons (Fsp3) is 0.200. The molecule has 0 saturated heterocycles. The van der Waals surface area contributed by atoms with E-state index in [1.54, 1.807) is 6.20 Å². The van der Waals surface area contributed by atoms with Crippen molar-refractivity contribution < 1.29 is 13.6 Å². The van der Waals surface area contributed by atoms with E-state index < -0.39 is 11.6 Å². The van der Waals surface area contributed by atoms with Crippen LogP contribution in [0.2, 0.25) is 0 Å². The lowest BCUT2D eigenvalue weighted by Crippen LogP contribution is -2.31. The summed E-state index contributed by atoms with van der Waals surface area (Å²) in [4.78, 5) is 16.8. The molecule has 4 rings (SSSR count). The Morgan fingerprint density at radius 2 is 2.00 bits per heavy atom. The molecule has 0 unspecified atom stereocenters. The van der Waals surface area contributed by atoms with Crippen molar-refractivity contribution in [2.24, 2.45) is 5.73 Å². The van der Waals surface area contributed by atoms with E-state index in [2.05, 4.69) is 15.6 Å². The highest BCUT2D eigenvalue weighted by atomic mass is 32.1. The Balaban J connectivity index is 1.37. The molecule has 0 spiro atoms. The number of benzene rings is 2. The van der Waals surface area contributed by atoms with E-state index in [4.69, 9.17) is 5.73 Å². The number of amides is 1. The van der Waals surface area contributed by atoms with Crippen LogP contribution < -0.4 is 16.4 Å². The zero-order valence-electron chi connectivity index (χ0n) is 14.8. The smallest absolute Gasteiger partial charge is 0.228 e. The standard InChI is InChI=1S/C20H18F2N4OS/c21-14-3-11(4-15(22)8-14)5-16(23)9-24-20-25-10-18(28-20)12-1-2-17-13(6-12)7-19(27)26-17/h1-4,6,8,10,16H,5,7,9,23H2,(H,24,25)(H,26,27)/t16-/m1/s1. The van der Waals surface area contributed by atoms with Crippen LogP contribution in [0.5, 0.6) is 0 Å². The Hall–Kier alpha value is -2.84. The number of carbonyl (C=O) groups is 1. The number of hydrogen-bond acceptors (Lipinski definition) is 5. The summed E-state index contributed by atoms with van der Waals surface area (Å²) < 4.78 is 26.5. The minimum atomic E-state index is -0.606. The van der Waals surface area contributed by atoms with Gasteiger partial charge in [-0.05, 0) is 47.4 Å². The summed E-state index contributed by atoms with van der Waals surface area (Å²) in [6, 6.07) is 8.95. The molecule has 1 aromatic heterocycles. The van der Waals surface area contributed by atoms with Gasteiger partial charge in [0, 0.05) is 30.5 Å². The van der Waals surface area contributed by atoms with Crippen molar-refractivity contribution in [1.82, 2.24) is 4.98 Å². The maximum atomic E-state index is 13.3. The molecule has 1 atom stereocenters. The molecule has 1 aliphatic rings. The molecule has 1 amide bonds. The third-order valence-corrected chi connectivity index (χ3v) is 5.46. The molecule has 5 nitrogen and oxygen atoms in total. The maximum Gasteiger partial charge on any atom is 0.228 e. The maximum absolute atomic E-state index is 13.3. The Morgan fingerprint density at radius 3 is 2.79 bits per heavy atom. The van der Waals surface area contributed by atoms with E-state index in [1.165, 1.54) is 23.5 Å². The Labute approximate surface area is 164 Å². The fourth-order valence-corrected chi connectivity index (χ4v) is 4.01. The molecular weight excluding hydrogens is 382 g/mol. The van der Waals surface area contributed by atoms with E-state index in [-0.39, 0.29) is 11.9 Å². The van der Waals surface area contributed by atoms with Crippen molar-refractivity contribution in [1.29, 1.82) is 0 Å². The van der Waals surface area contributed by atoms with Crippen molar-refractivity contribution in [2.75, 3.05) is 17.2 Å². The number of carbonyl (C=O) groups excluding carboxylic acids is 1. The van der Waals surface area contributed by atoms with Gasteiger partial charge in [-0.1, -0.05) is 17.4 Å². The summed E-state index contributed by atoms with van der Waals surface area (Å²) >= 11 is 1.48. The summed E-state index contributed by atoms with van der Waals surface area (Å²) in [5.41, 5.74) is 9.44. The first-order chi connectivity index (χ1) is 13.5. The predicted octanol–water partition coefficient (Wildman–Crippen LogP) is 3.56. The van der Waals surface area contributed by atoms with Crippen LogP contribution in [0.3, 0.4) is 0 Å². The zero-order chi connectivity index (χ0) is 19.7. The highest BCUT2D eigenvalue weighted by Crippen LogP contribution is 2.33. The van der Waals surface area contributed by atoms with Crippen LogP contribution in [0.15, 0.2) is 42.6 Å². The summed E-state index contributed by atoms with van der Waals surface area (Å²) in [5.74, 6) is -1.21. The van der Waals surface area contributed by atoms with Crippen molar-refractivity contribution in [3.8, 4) is 10.4 Å². The summed E-state index contributed by atoms with van der Waals surface area (Å²) in [6.45, 7) is 0.424. The van der Waals surface area contributed by atoms with Crippen molar-refractivity contribution >= 4 is 28.1 Å². The lowest BCUT2D eigenvalue weighted by atomic mass is 10.1. The normalized spacial score (nSPS) is 13.9. The summed E-state index contributed by atoms with van der Waals surface area (Å²) in [7, 11) is 0. The SMILES string of the molecule is N[C@@H](CNc1ncc(-c2ccc3c(c2)CC(=O)N3)s1)Cc1cc(F)cc(F)c1. The molecule has 1 aliphatic heterocycles. The largest absolute Gasteiger partial charge is 0.360 e. The first kappa shape index (κ1) is 18.5. The van der Waals surface area contributed by atoms with Gasteiger partial charge < -0.3 is 16.4 Å². The third kappa shape index (κ3) is 4.18. The molecule has 4 N–H and O–H groups in total. The van der Waals surface area contributed by atoms with Gasteiger partial charge in [-0.3, -0.25) is 4.79 Å². The van der Waals surface area contributed by atoms with Gasteiger partial charge in [0.2, 0.25) is 5.91 Å². The van der Waals surface area contributed by atoms with Crippen LogP contribution >= 0.6 is 11.3 Å². The first-order valence-electron chi connectivity index (χ1n) is 8.79. The molecule has 0 bridgehead atoms. The Morgan fingerprint density at radius 1 is 1.21 bits per heavy atom. The van der Waals surface area contributed by atoms with E-state index in [0.717, 1.165) is 27.8 Å². The van der Waals surface area contributed by atoms with Crippen molar-refractivity contribution in [2.45, 2.75) is 18.9 Å². The number of nitrogens with two attached hydrogens (primary N) is 1. The third-order valence-electron chi connectivity index (χ3n) is 4.46.